The van der Waals surface area contributed by atoms with Gasteiger partial charge in [-0.3, -0.25) is 9.59 Å². The molecule has 2 aromatic rings. The quantitative estimate of drug-likeness (QED) is 0.725. The highest BCUT2D eigenvalue weighted by Crippen LogP contribution is 2.17. The number of ether oxygens (including phenoxy) is 2. The minimum Gasteiger partial charge on any atom is -0.482 e. The van der Waals surface area contributed by atoms with Crippen molar-refractivity contribution in [1.29, 1.82) is 0 Å². The number of amides is 2. The van der Waals surface area contributed by atoms with Crippen LogP contribution in [0.25, 0.3) is 0 Å². The summed E-state index contributed by atoms with van der Waals surface area (Å²) in [5.41, 5.74) is 1.12. The Kier molecular flexibility index (Phi) is 6.99. The molecule has 0 spiro atoms. The molecule has 0 unspecified atom stereocenters. The van der Waals surface area contributed by atoms with Gasteiger partial charge in [-0.25, -0.2) is 4.79 Å². The second kappa shape index (κ2) is 9.43. The van der Waals surface area contributed by atoms with Crippen LogP contribution in [0.3, 0.4) is 0 Å². The number of carbonyl (C=O) groups is 3. The maximum Gasteiger partial charge on any atom is 0.344 e. The molecule has 0 fully saturated rings. The lowest BCUT2D eigenvalue weighted by molar-refractivity contribution is -0.149. The molecular formula is C18H17ClN2O5. The average Bonchev–Trinajstić information content (AvgIpc) is 2.59. The van der Waals surface area contributed by atoms with Crippen LogP contribution in [0.15, 0.2) is 48.5 Å². The van der Waals surface area contributed by atoms with Gasteiger partial charge >= 0.3 is 5.97 Å². The normalized spacial score (nSPS) is 9.92. The van der Waals surface area contributed by atoms with Gasteiger partial charge in [-0.05, 0) is 42.5 Å². The van der Waals surface area contributed by atoms with Gasteiger partial charge in [-0.15, -0.1) is 0 Å². The fourth-order valence-electron chi connectivity index (χ4n) is 1.92. The Labute approximate surface area is 155 Å². The third-order valence-corrected chi connectivity index (χ3v) is 3.24. The van der Waals surface area contributed by atoms with E-state index in [4.69, 9.17) is 21.1 Å². The number of rotatable bonds is 7. The Balaban J connectivity index is 1.72. The largest absolute Gasteiger partial charge is 0.482 e. The smallest absolute Gasteiger partial charge is 0.344 e. The standard InChI is InChI=1S/C18H17ClN2O5/c1-12(22)20-14-5-7-15(8-6-14)21-17(23)10-26-18(24)11-25-16-4-2-3-13(19)9-16/h2-9H,10-11H2,1H3,(H,20,22)(H,21,23). The topological polar surface area (TPSA) is 93.7 Å². The maximum atomic E-state index is 11.8. The van der Waals surface area contributed by atoms with Crippen molar-refractivity contribution in [2.75, 3.05) is 23.8 Å². The molecule has 0 heterocycles. The Morgan fingerprint density at radius 1 is 0.962 bits per heavy atom. The summed E-state index contributed by atoms with van der Waals surface area (Å²) in [4.78, 5) is 34.3. The molecule has 136 valence electrons. The molecule has 0 aromatic heterocycles. The summed E-state index contributed by atoms with van der Waals surface area (Å²) in [6.07, 6.45) is 0. The minimum atomic E-state index is -0.680. The summed E-state index contributed by atoms with van der Waals surface area (Å²) in [6, 6.07) is 13.1. The summed E-state index contributed by atoms with van der Waals surface area (Å²) in [5.74, 6) is -0.929. The third-order valence-electron chi connectivity index (χ3n) is 3.01. The highest BCUT2D eigenvalue weighted by Gasteiger charge is 2.09. The van der Waals surface area contributed by atoms with Crippen LogP contribution in [0, 0.1) is 0 Å². The van der Waals surface area contributed by atoms with Crippen LogP contribution < -0.4 is 15.4 Å². The van der Waals surface area contributed by atoms with Crippen LogP contribution in [0.4, 0.5) is 11.4 Å². The van der Waals surface area contributed by atoms with E-state index in [-0.39, 0.29) is 12.5 Å². The number of carbonyl (C=O) groups excluding carboxylic acids is 3. The first kappa shape index (κ1) is 19.3. The molecule has 2 N–H and O–H groups in total. The molecule has 0 aliphatic carbocycles. The van der Waals surface area contributed by atoms with Crippen LogP contribution in [-0.4, -0.2) is 31.0 Å². The highest BCUT2D eigenvalue weighted by molar-refractivity contribution is 6.30. The van der Waals surface area contributed by atoms with Crippen molar-refractivity contribution in [3.05, 3.63) is 53.6 Å². The van der Waals surface area contributed by atoms with Crippen LogP contribution in [0.2, 0.25) is 5.02 Å². The molecule has 0 aliphatic rings. The van der Waals surface area contributed by atoms with Crippen molar-refractivity contribution in [2.24, 2.45) is 0 Å². The number of anilines is 2. The van der Waals surface area contributed by atoms with Gasteiger partial charge in [0.2, 0.25) is 5.91 Å². The van der Waals surface area contributed by atoms with Crippen molar-refractivity contribution in [2.45, 2.75) is 6.92 Å². The van der Waals surface area contributed by atoms with Gasteiger partial charge in [0.25, 0.3) is 5.91 Å². The van der Waals surface area contributed by atoms with Gasteiger partial charge in [-0.1, -0.05) is 17.7 Å². The molecule has 0 atom stereocenters. The lowest BCUT2D eigenvalue weighted by Crippen LogP contribution is -2.23. The van der Waals surface area contributed by atoms with E-state index in [0.717, 1.165) is 0 Å². The molecule has 2 amide bonds. The summed E-state index contributed by atoms with van der Waals surface area (Å²) in [6.45, 7) is 0.629. The Bertz CT molecular complexity index is 792. The van der Waals surface area contributed by atoms with Gasteiger partial charge in [0.1, 0.15) is 5.75 Å². The Morgan fingerprint density at radius 2 is 1.62 bits per heavy atom. The second-order valence-corrected chi connectivity index (χ2v) is 5.65. The lowest BCUT2D eigenvalue weighted by Gasteiger charge is -2.09. The van der Waals surface area contributed by atoms with E-state index in [9.17, 15) is 14.4 Å². The zero-order valence-corrected chi connectivity index (χ0v) is 14.7. The maximum absolute atomic E-state index is 11.8. The molecular weight excluding hydrogens is 360 g/mol. The lowest BCUT2D eigenvalue weighted by atomic mass is 10.2. The molecule has 7 nitrogen and oxygen atoms in total. The van der Waals surface area contributed by atoms with Gasteiger partial charge in [0.15, 0.2) is 13.2 Å². The van der Waals surface area contributed by atoms with Crippen LogP contribution in [-0.2, 0) is 19.1 Å². The molecule has 0 saturated heterocycles. The monoisotopic (exact) mass is 376 g/mol. The number of benzene rings is 2. The summed E-state index contributed by atoms with van der Waals surface area (Å²) in [5, 5.41) is 5.67. The number of halogens is 1. The van der Waals surface area contributed by atoms with E-state index in [0.29, 0.717) is 22.1 Å². The van der Waals surface area contributed by atoms with E-state index in [1.807, 2.05) is 0 Å². The predicted molar refractivity (Wildman–Crippen MR) is 97.3 cm³/mol. The molecule has 0 radical (unpaired) electrons. The van der Waals surface area contributed by atoms with Crippen molar-refractivity contribution < 1.29 is 23.9 Å². The van der Waals surface area contributed by atoms with E-state index < -0.39 is 18.5 Å². The third kappa shape index (κ3) is 6.82. The van der Waals surface area contributed by atoms with E-state index in [1.165, 1.54) is 6.92 Å². The Morgan fingerprint density at radius 3 is 2.23 bits per heavy atom. The number of nitrogens with one attached hydrogen (secondary N) is 2. The summed E-state index contributed by atoms with van der Waals surface area (Å²) in [7, 11) is 0. The zero-order chi connectivity index (χ0) is 18.9. The summed E-state index contributed by atoms with van der Waals surface area (Å²) < 4.78 is 10.1. The van der Waals surface area contributed by atoms with Gasteiger partial charge in [0.05, 0.1) is 0 Å². The van der Waals surface area contributed by atoms with Crippen molar-refractivity contribution >= 4 is 40.8 Å². The molecule has 2 rings (SSSR count). The van der Waals surface area contributed by atoms with Crippen molar-refractivity contribution in [3.63, 3.8) is 0 Å². The highest BCUT2D eigenvalue weighted by atomic mass is 35.5. The first-order valence-electron chi connectivity index (χ1n) is 7.64. The average molecular weight is 377 g/mol. The first-order chi connectivity index (χ1) is 12.4. The van der Waals surface area contributed by atoms with E-state index in [1.54, 1.807) is 48.5 Å². The summed E-state index contributed by atoms with van der Waals surface area (Å²) >= 11 is 5.80. The molecule has 0 aliphatic heterocycles. The molecule has 0 saturated carbocycles. The second-order valence-electron chi connectivity index (χ2n) is 5.21. The fourth-order valence-corrected chi connectivity index (χ4v) is 2.10. The number of hydrogen-bond donors (Lipinski definition) is 2. The molecule has 2 aromatic carbocycles. The predicted octanol–water partition coefficient (Wildman–Crippen LogP) is 2.86. The van der Waals surface area contributed by atoms with Gasteiger partial charge in [0, 0.05) is 23.3 Å². The van der Waals surface area contributed by atoms with Crippen molar-refractivity contribution in [1.82, 2.24) is 0 Å². The Hall–Kier alpha value is -3.06. The number of esters is 1. The zero-order valence-electron chi connectivity index (χ0n) is 14.0. The SMILES string of the molecule is CC(=O)Nc1ccc(NC(=O)COC(=O)COc2cccc(Cl)c2)cc1. The van der Waals surface area contributed by atoms with Gasteiger partial charge < -0.3 is 20.1 Å². The van der Waals surface area contributed by atoms with E-state index >= 15 is 0 Å². The number of hydrogen-bond acceptors (Lipinski definition) is 5. The van der Waals surface area contributed by atoms with Crippen LogP contribution in [0.5, 0.6) is 5.75 Å². The van der Waals surface area contributed by atoms with E-state index in [2.05, 4.69) is 10.6 Å². The van der Waals surface area contributed by atoms with Crippen LogP contribution in [0.1, 0.15) is 6.92 Å². The molecule has 8 heteroatoms. The van der Waals surface area contributed by atoms with Crippen LogP contribution >= 0.6 is 11.6 Å². The molecule has 0 bridgehead atoms. The minimum absolute atomic E-state index is 0.186. The van der Waals surface area contributed by atoms with Gasteiger partial charge in [-0.2, -0.15) is 0 Å². The van der Waals surface area contributed by atoms with Crippen molar-refractivity contribution in [3.8, 4) is 5.75 Å². The molecule has 26 heavy (non-hydrogen) atoms. The first-order valence-corrected chi connectivity index (χ1v) is 8.01. The fraction of sp³-hybridized carbons (Fsp3) is 0.167.